The number of hydrogen-bond acceptors (Lipinski definition) is 3. The van der Waals surface area contributed by atoms with E-state index in [1.165, 1.54) is 6.07 Å². The normalized spacial score (nSPS) is 24.9. The summed E-state index contributed by atoms with van der Waals surface area (Å²) < 4.78 is 39.7. The zero-order valence-corrected chi connectivity index (χ0v) is 11.8. The highest BCUT2D eigenvalue weighted by Gasteiger charge is 2.45. The molecule has 0 saturated carbocycles. The molecule has 0 unspecified atom stereocenters. The number of hydrogen-bond donors (Lipinski definition) is 2. The van der Waals surface area contributed by atoms with Crippen LogP contribution in [0.1, 0.15) is 35.9 Å². The van der Waals surface area contributed by atoms with Crippen molar-refractivity contribution in [3.63, 3.8) is 0 Å². The molecule has 1 aromatic rings. The topological polar surface area (TPSA) is 46.1 Å². The number of alkyl halides is 3. The van der Waals surface area contributed by atoms with Crippen molar-refractivity contribution in [2.45, 2.75) is 44.1 Å². The lowest BCUT2D eigenvalue weighted by Crippen LogP contribution is -2.58. The van der Waals surface area contributed by atoms with E-state index < -0.39 is 12.0 Å². The van der Waals surface area contributed by atoms with Crippen molar-refractivity contribution in [3.8, 4) is 0 Å². The third kappa shape index (κ3) is 2.38. The first-order valence-electron chi connectivity index (χ1n) is 7.13. The number of piperidine rings is 1. The minimum Gasteiger partial charge on any atom is -0.339 e. The molecule has 3 heterocycles. The summed E-state index contributed by atoms with van der Waals surface area (Å²) in [6.07, 6.45) is -3.22. The van der Waals surface area contributed by atoms with Gasteiger partial charge in [-0.1, -0.05) is 0 Å². The van der Waals surface area contributed by atoms with Crippen molar-refractivity contribution in [1.29, 1.82) is 0 Å². The second-order valence-electron chi connectivity index (χ2n) is 5.92. The average Bonchev–Trinajstić information content (AvgIpc) is 2.82. The number of nitrogens with zero attached hydrogens (tertiary/aromatic N) is 1. The molecule has 1 fully saturated rings. The predicted molar refractivity (Wildman–Crippen MR) is 71.2 cm³/mol. The molecule has 1 atom stereocenters. The molecule has 0 aliphatic carbocycles. The highest BCUT2D eigenvalue weighted by Crippen LogP contribution is 2.37. The zero-order valence-electron chi connectivity index (χ0n) is 11.8. The van der Waals surface area contributed by atoms with Crippen LogP contribution < -0.4 is 10.6 Å². The maximum Gasteiger partial charge on any atom is 0.456 e. The largest absolute Gasteiger partial charge is 0.456 e. The van der Waals surface area contributed by atoms with Crippen molar-refractivity contribution in [1.82, 2.24) is 15.2 Å². The molecule has 4 nitrogen and oxygen atoms in total. The molecule has 1 spiro atoms. The summed E-state index contributed by atoms with van der Waals surface area (Å²) in [5.41, 5.74) is 0.228. The summed E-state index contributed by atoms with van der Waals surface area (Å²) in [7, 11) is 0. The van der Waals surface area contributed by atoms with E-state index in [-0.39, 0.29) is 17.3 Å². The summed E-state index contributed by atoms with van der Waals surface area (Å²) in [6.45, 7) is 3.95. The molecule has 0 amide bonds. The summed E-state index contributed by atoms with van der Waals surface area (Å²) in [5, 5.41) is 6.79. The molecule has 2 N–H and O–H groups in total. The van der Waals surface area contributed by atoms with Crippen LogP contribution in [0.3, 0.4) is 0 Å². The second-order valence-corrected chi connectivity index (χ2v) is 5.92. The fourth-order valence-corrected chi connectivity index (χ4v) is 3.54. The van der Waals surface area contributed by atoms with Crippen LogP contribution in [0.5, 0.6) is 0 Å². The highest BCUT2D eigenvalue weighted by molar-refractivity contribution is 5.99. The molecule has 21 heavy (non-hydrogen) atoms. The molecule has 3 rings (SSSR count). The Kier molecular flexibility index (Phi) is 3.37. The van der Waals surface area contributed by atoms with Gasteiger partial charge in [-0.3, -0.25) is 4.79 Å². The molecule has 1 saturated heterocycles. The fraction of sp³-hybridized carbons (Fsp3) is 0.643. The number of carbonyl (C=O) groups is 1. The van der Waals surface area contributed by atoms with Gasteiger partial charge in [-0.15, -0.1) is 0 Å². The van der Waals surface area contributed by atoms with Crippen LogP contribution in [0.4, 0.5) is 13.2 Å². The summed E-state index contributed by atoms with van der Waals surface area (Å²) >= 11 is 0. The number of halogens is 3. The van der Waals surface area contributed by atoms with Gasteiger partial charge in [0, 0.05) is 18.3 Å². The third-order valence-electron chi connectivity index (χ3n) is 4.40. The SMILES string of the molecule is C[C@H]1Cn2c(C(=O)C(F)(F)F)ccc2C2(CCNCC2)N1. The molecule has 116 valence electrons. The van der Waals surface area contributed by atoms with Crippen LogP contribution in [-0.4, -0.2) is 35.7 Å². The lowest BCUT2D eigenvalue weighted by Gasteiger charge is -2.45. The van der Waals surface area contributed by atoms with E-state index in [0.717, 1.165) is 31.6 Å². The Balaban J connectivity index is 2.05. The van der Waals surface area contributed by atoms with Gasteiger partial charge in [-0.25, -0.2) is 0 Å². The fourth-order valence-electron chi connectivity index (χ4n) is 3.54. The number of fused-ring (bicyclic) bond motifs is 2. The number of aromatic nitrogens is 1. The predicted octanol–water partition coefficient (Wildman–Crippen LogP) is 1.80. The van der Waals surface area contributed by atoms with Gasteiger partial charge in [-0.2, -0.15) is 13.2 Å². The molecule has 7 heteroatoms. The molecule has 0 radical (unpaired) electrons. The third-order valence-corrected chi connectivity index (χ3v) is 4.40. The minimum absolute atomic E-state index is 0.0304. The Bertz CT molecular complexity index is 558. The molecular formula is C14H18F3N3O. The van der Waals surface area contributed by atoms with E-state index in [4.69, 9.17) is 0 Å². The molecule has 0 aromatic carbocycles. The van der Waals surface area contributed by atoms with Gasteiger partial charge < -0.3 is 15.2 Å². The standard InChI is InChI=1S/C14H18F3N3O/c1-9-8-20-10(12(21)14(15,16)17)2-3-11(20)13(19-9)4-6-18-7-5-13/h2-3,9,18-19H,4-8H2,1H3/t9-/m0/s1. The van der Waals surface area contributed by atoms with Crippen LogP contribution in [0.25, 0.3) is 0 Å². The molecule has 2 aliphatic heterocycles. The van der Waals surface area contributed by atoms with Crippen LogP contribution in [0.15, 0.2) is 12.1 Å². The van der Waals surface area contributed by atoms with Gasteiger partial charge in [0.15, 0.2) is 0 Å². The maximum absolute atomic E-state index is 12.7. The van der Waals surface area contributed by atoms with Gasteiger partial charge in [0.05, 0.1) is 11.2 Å². The Hall–Kier alpha value is -1.34. The van der Waals surface area contributed by atoms with Gasteiger partial charge in [-0.05, 0) is 45.0 Å². The van der Waals surface area contributed by atoms with E-state index in [2.05, 4.69) is 10.6 Å². The van der Waals surface area contributed by atoms with Crippen molar-refractivity contribution >= 4 is 5.78 Å². The van der Waals surface area contributed by atoms with E-state index in [1.807, 2.05) is 6.92 Å². The lowest BCUT2D eigenvalue weighted by atomic mass is 9.82. The van der Waals surface area contributed by atoms with E-state index >= 15 is 0 Å². The summed E-state index contributed by atoms with van der Waals surface area (Å²) in [6, 6.07) is 3.01. The number of ketones is 1. The molecule has 2 aliphatic rings. The quantitative estimate of drug-likeness (QED) is 0.778. The van der Waals surface area contributed by atoms with E-state index in [1.54, 1.807) is 10.6 Å². The number of rotatable bonds is 1. The van der Waals surface area contributed by atoms with Gasteiger partial charge in [0.1, 0.15) is 0 Å². The lowest BCUT2D eigenvalue weighted by molar-refractivity contribution is -0.0891. The van der Waals surface area contributed by atoms with E-state index in [0.29, 0.717) is 6.54 Å². The Labute approximate surface area is 120 Å². The van der Waals surface area contributed by atoms with Crippen molar-refractivity contribution in [2.24, 2.45) is 0 Å². The number of Topliss-reactive ketones (excluding diaryl/α,β-unsaturated/α-hetero) is 1. The Morgan fingerprint density at radius 2 is 2.00 bits per heavy atom. The number of nitrogens with one attached hydrogen (secondary N) is 2. The van der Waals surface area contributed by atoms with E-state index in [9.17, 15) is 18.0 Å². The van der Waals surface area contributed by atoms with Gasteiger partial charge >= 0.3 is 6.18 Å². The Morgan fingerprint density at radius 1 is 1.33 bits per heavy atom. The maximum atomic E-state index is 12.7. The zero-order chi connectivity index (χ0) is 15.3. The summed E-state index contributed by atoms with van der Waals surface area (Å²) in [4.78, 5) is 11.6. The van der Waals surface area contributed by atoms with Crippen LogP contribution >= 0.6 is 0 Å². The smallest absolute Gasteiger partial charge is 0.339 e. The van der Waals surface area contributed by atoms with Crippen molar-refractivity contribution in [3.05, 3.63) is 23.5 Å². The molecular weight excluding hydrogens is 283 g/mol. The van der Waals surface area contributed by atoms with Gasteiger partial charge in [0.25, 0.3) is 5.78 Å². The number of carbonyl (C=O) groups excluding carboxylic acids is 1. The van der Waals surface area contributed by atoms with Crippen LogP contribution in [0, 0.1) is 0 Å². The van der Waals surface area contributed by atoms with Gasteiger partial charge in [0.2, 0.25) is 0 Å². The second kappa shape index (κ2) is 4.84. The van der Waals surface area contributed by atoms with Crippen molar-refractivity contribution in [2.75, 3.05) is 13.1 Å². The van der Waals surface area contributed by atoms with Crippen molar-refractivity contribution < 1.29 is 18.0 Å². The first-order valence-corrected chi connectivity index (χ1v) is 7.13. The van der Waals surface area contributed by atoms with Crippen LogP contribution in [0.2, 0.25) is 0 Å². The van der Waals surface area contributed by atoms with Crippen LogP contribution in [-0.2, 0) is 12.1 Å². The highest BCUT2D eigenvalue weighted by atomic mass is 19.4. The first-order chi connectivity index (χ1) is 9.83. The first kappa shape index (κ1) is 14.6. The molecule has 1 aromatic heterocycles. The summed E-state index contributed by atoms with van der Waals surface area (Å²) in [5.74, 6) is -1.76. The Morgan fingerprint density at radius 3 is 2.62 bits per heavy atom. The average molecular weight is 301 g/mol. The molecule has 0 bridgehead atoms. The monoisotopic (exact) mass is 301 g/mol. The minimum atomic E-state index is -4.83.